The van der Waals surface area contributed by atoms with E-state index in [0.717, 1.165) is 43.5 Å². The standard InChI is InChI=1S/C16H19BrN2O3.ClH/c17-12-7-11(8-13-14(12)22-10-21-13)15(20)19-5-2-16(3-6-19)1-4-18-9-16;/h7-8,18H,1-6,9-10H2;1H. The first kappa shape index (κ1) is 16.9. The molecule has 2 fully saturated rings. The molecule has 0 atom stereocenters. The SMILES string of the molecule is Cl.O=C(c1cc(Br)c2c(c1)OCO2)N1CCC2(CCNC2)CC1. The number of nitrogens with zero attached hydrogens (tertiary/aromatic N) is 1. The van der Waals surface area contributed by atoms with Crippen molar-refractivity contribution in [2.45, 2.75) is 19.3 Å². The minimum absolute atomic E-state index is 0. The lowest BCUT2D eigenvalue weighted by Crippen LogP contribution is -2.44. The number of carbonyl (C=O) groups is 1. The number of likely N-dealkylation sites (tertiary alicyclic amines) is 1. The Kier molecular flexibility index (Phi) is 4.76. The predicted octanol–water partition coefficient (Wildman–Crippen LogP) is 2.82. The molecular weight excluding hydrogens is 384 g/mol. The van der Waals surface area contributed by atoms with Crippen LogP contribution >= 0.6 is 28.3 Å². The Balaban J connectivity index is 0.00000156. The topological polar surface area (TPSA) is 50.8 Å². The van der Waals surface area contributed by atoms with Gasteiger partial charge >= 0.3 is 0 Å². The zero-order chi connectivity index (χ0) is 15.2. The average molecular weight is 404 g/mol. The number of halogens is 2. The smallest absolute Gasteiger partial charge is 0.254 e. The van der Waals surface area contributed by atoms with Gasteiger partial charge in [0.2, 0.25) is 6.79 Å². The van der Waals surface area contributed by atoms with Crippen molar-refractivity contribution < 1.29 is 14.3 Å². The quantitative estimate of drug-likeness (QED) is 0.783. The number of hydrogen-bond donors (Lipinski definition) is 1. The highest BCUT2D eigenvalue weighted by Crippen LogP contribution is 2.41. The van der Waals surface area contributed by atoms with Gasteiger partial charge in [0.1, 0.15) is 0 Å². The highest BCUT2D eigenvalue weighted by atomic mass is 79.9. The molecule has 1 spiro atoms. The van der Waals surface area contributed by atoms with Crippen molar-refractivity contribution >= 4 is 34.2 Å². The largest absolute Gasteiger partial charge is 0.454 e. The van der Waals surface area contributed by atoms with Gasteiger partial charge in [-0.25, -0.2) is 0 Å². The van der Waals surface area contributed by atoms with Crippen molar-refractivity contribution in [1.29, 1.82) is 0 Å². The van der Waals surface area contributed by atoms with E-state index in [9.17, 15) is 4.79 Å². The number of benzene rings is 1. The van der Waals surface area contributed by atoms with E-state index in [1.54, 1.807) is 6.07 Å². The highest BCUT2D eigenvalue weighted by molar-refractivity contribution is 9.10. The Morgan fingerprint density at radius 2 is 2.00 bits per heavy atom. The fourth-order valence-electron chi connectivity index (χ4n) is 3.68. The van der Waals surface area contributed by atoms with Gasteiger partial charge in [0.15, 0.2) is 11.5 Å². The molecule has 3 aliphatic rings. The van der Waals surface area contributed by atoms with Gasteiger partial charge in [-0.3, -0.25) is 4.79 Å². The molecule has 7 heteroatoms. The Morgan fingerprint density at radius 1 is 1.22 bits per heavy atom. The summed E-state index contributed by atoms with van der Waals surface area (Å²) >= 11 is 3.46. The second kappa shape index (κ2) is 6.49. The molecule has 0 unspecified atom stereocenters. The van der Waals surface area contributed by atoms with Crippen LogP contribution in [0.2, 0.25) is 0 Å². The molecule has 1 aromatic carbocycles. The second-order valence-electron chi connectivity index (χ2n) is 6.41. The lowest BCUT2D eigenvalue weighted by molar-refractivity contribution is 0.0607. The van der Waals surface area contributed by atoms with E-state index in [1.807, 2.05) is 11.0 Å². The van der Waals surface area contributed by atoms with Crippen molar-refractivity contribution in [1.82, 2.24) is 10.2 Å². The van der Waals surface area contributed by atoms with Crippen LogP contribution in [-0.2, 0) is 0 Å². The first-order valence-electron chi connectivity index (χ1n) is 7.76. The molecule has 0 bridgehead atoms. The van der Waals surface area contributed by atoms with Gasteiger partial charge in [-0.2, -0.15) is 0 Å². The maximum Gasteiger partial charge on any atom is 0.254 e. The molecule has 2 saturated heterocycles. The van der Waals surface area contributed by atoms with Crippen molar-refractivity contribution in [2.24, 2.45) is 5.41 Å². The maximum atomic E-state index is 12.7. The van der Waals surface area contributed by atoms with Gasteiger partial charge in [0, 0.05) is 25.2 Å². The molecule has 0 radical (unpaired) electrons. The monoisotopic (exact) mass is 402 g/mol. The second-order valence-corrected chi connectivity index (χ2v) is 7.27. The predicted molar refractivity (Wildman–Crippen MR) is 92.6 cm³/mol. The number of carbonyl (C=O) groups excluding carboxylic acids is 1. The molecule has 0 saturated carbocycles. The highest BCUT2D eigenvalue weighted by Gasteiger charge is 2.38. The van der Waals surface area contributed by atoms with Crippen LogP contribution in [0.25, 0.3) is 0 Å². The molecule has 126 valence electrons. The van der Waals surface area contributed by atoms with Crippen molar-refractivity contribution in [3.05, 3.63) is 22.2 Å². The number of ether oxygens (including phenoxy) is 2. The third kappa shape index (κ3) is 3.04. The van der Waals surface area contributed by atoms with Crippen LogP contribution in [0.5, 0.6) is 11.5 Å². The van der Waals surface area contributed by atoms with Gasteiger partial charge in [-0.15, -0.1) is 12.4 Å². The molecule has 1 aromatic rings. The summed E-state index contributed by atoms with van der Waals surface area (Å²) in [7, 11) is 0. The minimum atomic E-state index is 0. The fourth-order valence-corrected chi connectivity index (χ4v) is 4.24. The van der Waals surface area contributed by atoms with E-state index in [-0.39, 0.29) is 25.1 Å². The molecule has 5 nitrogen and oxygen atoms in total. The maximum absolute atomic E-state index is 12.7. The van der Waals surface area contributed by atoms with Gasteiger partial charge in [-0.05, 0) is 59.3 Å². The van der Waals surface area contributed by atoms with E-state index in [2.05, 4.69) is 21.2 Å². The summed E-state index contributed by atoms with van der Waals surface area (Å²) < 4.78 is 11.6. The molecule has 23 heavy (non-hydrogen) atoms. The van der Waals surface area contributed by atoms with E-state index >= 15 is 0 Å². The summed E-state index contributed by atoms with van der Waals surface area (Å²) in [4.78, 5) is 14.7. The number of rotatable bonds is 1. The number of amides is 1. The molecule has 1 amide bonds. The van der Waals surface area contributed by atoms with Gasteiger partial charge in [0.25, 0.3) is 5.91 Å². The van der Waals surface area contributed by atoms with E-state index in [0.29, 0.717) is 22.5 Å². The molecule has 3 heterocycles. The van der Waals surface area contributed by atoms with Crippen LogP contribution in [0.15, 0.2) is 16.6 Å². The number of hydrogen-bond acceptors (Lipinski definition) is 4. The first-order valence-corrected chi connectivity index (χ1v) is 8.55. The normalized spacial score (nSPS) is 21.3. The third-order valence-corrected chi connectivity index (χ3v) is 5.71. The summed E-state index contributed by atoms with van der Waals surface area (Å²) in [5, 5.41) is 3.45. The molecule has 0 aliphatic carbocycles. The first-order chi connectivity index (χ1) is 10.7. The number of fused-ring (bicyclic) bond motifs is 1. The molecular formula is C16H20BrClN2O3. The summed E-state index contributed by atoms with van der Waals surface area (Å²) in [6, 6.07) is 3.62. The lowest BCUT2D eigenvalue weighted by Gasteiger charge is -2.38. The fraction of sp³-hybridized carbons (Fsp3) is 0.562. The average Bonchev–Trinajstić information content (AvgIpc) is 3.17. The van der Waals surface area contributed by atoms with Gasteiger partial charge in [-0.1, -0.05) is 0 Å². The zero-order valence-electron chi connectivity index (χ0n) is 12.8. The van der Waals surface area contributed by atoms with Crippen LogP contribution in [-0.4, -0.2) is 43.8 Å². The molecule has 0 aromatic heterocycles. The summed E-state index contributed by atoms with van der Waals surface area (Å²) in [6.45, 7) is 4.11. The van der Waals surface area contributed by atoms with Crippen LogP contribution in [0, 0.1) is 5.41 Å². The summed E-state index contributed by atoms with van der Waals surface area (Å²) in [5.74, 6) is 1.41. The summed E-state index contributed by atoms with van der Waals surface area (Å²) in [5.41, 5.74) is 1.09. The van der Waals surface area contributed by atoms with Gasteiger partial charge in [0.05, 0.1) is 4.47 Å². The minimum Gasteiger partial charge on any atom is -0.454 e. The Morgan fingerprint density at radius 3 is 2.70 bits per heavy atom. The number of piperidine rings is 1. The Bertz CT molecular complexity index is 610. The van der Waals surface area contributed by atoms with E-state index < -0.39 is 0 Å². The van der Waals surface area contributed by atoms with E-state index in [1.165, 1.54) is 6.42 Å². The van der Waals surface area contributed by atoms with E-state index in [4.69, 9.17) is 9.47 Å². The van der Waals surface area contributed by atoms with Crippen LogP contribution in [0.3, 0.4) is 0 Å². The summed E-state index contributed by atoms with van der Waals surface area (Å²) in [6.07, 6.45) is 3.43. The molecule has 3 aliphatic heterocycles. The van der Waals surface area contributed by atoms with Crippen LogP contribution in [0.4, 0.5) is 0 Å². The Hall–Kier alpha value is -0.980. The van der Waals surface area contributed by atoms with Crippen molar-refractivity contribution in [2.75, 3.05) is 33.0 Å². The van der Waals surface area contributed by atoms with Crippen molar-refractivity contribution in [3.8, 4) is 11.5 Å². The zero-order valence-corrected chi connectivity index (χ0v) is 15.2. The lowest BCUT2D eigenvalue weighted by atomic mass is 9.78. The Labute approximate surface area is 150 Å². The van der Waals surface area contributed by atoms with Crippen LogP contribution < -0.4 is 14.8 Å². The molecule has 1 N–H and O–H groups in total. The third-order valence-electron chi connectivity index (χ3n) is 5.12. The van der Waals surface area contributed by atoms with Crippen LogP contribution in [0.1, 0.15) is 29.6 Å². The van der Waals surface area contributed by atoms with Crippen molar-refractivity contribution in [3.63, 3.8) is 0 Å². The number of nitrogens with one attached hydrogen (secondary N) is 1. The molecule has 4 rings (SSSR count). The van der Waals surface area contributed by atoms with Gasteiger partial charge < -0.3 is 19.7 Å².